The van der Waals surface area contributed by atoms with Gasteiger partial charge in [-0.2, -0.15) is 0 Å². The summed E-state index contributed by atoms with van der Waals surface area (Å²) in [5.41, 5.74) is 3.15. The molecule has 6 heteroatoms. The molecule has 3 rings (SSSR count). The monoisotopic (exact) mass is 369 g/mol. The molecule has 26 heavy (non-hydrogen) atoms. The fraction of sp³-hybridized carbons (Fsp3) is 0.200. The third kappa shape index (κ3) is 3.86. The molecule has 2 aromatic carbocycles. The van der Waals surface area contributed by atoms with E-state index in [9.17, 15) is 4.79 Å². The van der Waals surface area contributed by atoms with Gasteiger partial charge in [-0.05, 0) is 31.2 Å². The number of carbonyl (C=O) groups is 1. The first-order valence-corrected chi connectivity index (χ1v) is 8.90. The minimum Gasteiger partial charge on any atom is -0.493 e. The second kappa shape index (κ2) is 8.01. The number of hydrogen-bond donors (Lipinski definition) is 0. The molecule has 0 radical (unpaired) electrons. The van der Waals surface area contributed by atoms with Crippen LogP contribution in [0.25, 0.3) is 10.6 Å². The maximum atomic E-state index is 12.1. The van der Waals surface area contributed by atoms with Crippen LogP contribution in [0.3, 0.4) is 0 Å². The highest BCUT2D eigenvalue weighted by molar-refractivity contribution is 7.13. The lowest BCUT2D eigenvalue weighted by Gasteiger charge is -2.10. The lowest BCUT2D eigenvalue weighted by Crippen LogP contribution is -2.05. The summed E-state index contributed by atoms with van der Waals surface area (Å²) in [6.45, 7) is 2.09. The van der Waals surface area contributed by atoms with E-state index in [1.165, 1.54) is 11.3 Å². The number of esters is 1. The van der Waals surface area contributed by atoms with Gasteiger partial charge in [0.15, 0.2) is 11.5 Å². The number of rotatable bonds is 6. The molecule has 1 aromatic heterocycles. The van der Waals surface area contributed by atoms with E-state index in [-0.39, 0.29) is 12.6 Å². The fourth-order valence-electron chi connectivity index (χ4n) is 2.46. The van der Waals surface area contributed by atoms with Crippen molar-refractivity contribution in [2.45, 2.75) is 13.5 Å². The average molecular weight is 369 g/mol. The number of ether oxygens (including phenoxy) is 3. The van der Waals surface area contributed by atoms with E-state index in [4.69, 9.17) is 14.2 Å². The molecule has 3 aromatic rings. The molecule has 0 atom stereocenters. The summed E-state index contributed by atoms with van der Waals surface area (Å²) in [6, 6.07) is 12.9. The van der Waals surface area contributed by atoms with Crippen molar-refractivity contribution in [1.29, 1.82) is 0 Å². The first kappa shape index (κ1) is 17.9. The highest BCUT2D eigenvalue weighted by Gasteiger charge is 2.15. The van der Waals surface area contributed by atoms with Gasteiger partial charge >= 0.3 is 5.97 Å². The molecule has 0 fully saturated rings. The molecular formula is C20H19NO4S. The standard InChI is InChI=1S/C20H19NO4S/c1-13-7-9-14(10-8-13)20(22)25-11-15-12-26-19(21-15)16-5-4-6-17(23-2)18(16)24-3/h4-10,12H,11H2,1-3H3. The Balaban J connectivity index is 1.72. The zero-order valence-electron chi connectivity index (χ0n) is 14.8. The van der Waals surface area contributed by atoms with E-state index in [2.05, 4.69) is 4.98 Å². The third-order valence-corrected chi connectivity index (χ3v) is 4.75. The molecule has 0 aliphatic rings. The van der Waals surface area contributed by atoms with Crippen LogP contribution in [0.2, 0.25) is 0 Å². The van der Waals surface area contributed by atoms with Gasteiger partial charge in [-0.15, -0.1) is 11.3 Å². The quantitative estimate of drug-likeness (QED) is 0.599. The molecule has 134 valence electrons. The fourth-order valence-corrected chi connectivity index (χ4v) is 3.29. The van der Waals surface area contributed by atoms with Gasteiger partial charge in [0.2, 0.25) is 0 Å². The van der Waals surface area contributed by atoms with Crippen molar-refractivity contribution < 1.29 is 19.0 Å². The third-order valence-electron chi connectivity index (χ3n) is 3.82. The van der Waals surface area contributed by atoms with Crippen molar-refractivity contribution in [2.75, 3.05) is 14.2 Å². The molecule has 0 aliphatic carbocycles. The van der Waals surface area contributed by atoms with E-state index in [1.54, 1.807) is 26.4 Å². The highest BCUT2D eigenvalue weighted by atomic mass is 32.1. The molecule has 0 saturated heterocycles. The van der Waals surface area contributed by atoms with Crippen molar-refractivity contribution in [3.63, 3.8) is 0 Å². The average Bonchev–Trinajstić information content (AvgIpc) is 3.14. The second-order valence-corrected chi connectivity index (χ2v) is 6.49. The lowest BCUT2D eigenvalue weighted by atomic mass is 10.1. The van der Waals surface area contributed by atoms with Gasteiger partial charge in [-0.25, -0.2) is 9.78 Å². The summed E-state index contributed by atoms with van der Waals surface area (Å²) in [4.78, 5) is 16.7. The molecule has 0 aliphatic heterocycles. The zero-order chi connectivity index (χ0) is 18.5. The zero-order valence-corrected chi connectivity index (χ0v) is 15.6. The summed E-state index contributed by atoms with van der Waals surface area (Å²) in [5, 5.41) is 2.65. The van der Waals surface area contributed by atoms with Crippen LogP contribution in [0.4, 0.5) is 0 Å². The van der Waals surface area contributed by atoms with Crippen molar-refractivity contribution in [3.05, 3.63) is 64.7 Å². The van der Waals surface area contributed by atoms with E-state index in [0.29, 0.717) is 22.8 Å². The van der Waals surface area contributed by atoms with Crippen LogP contribution in [0.5, 0.6) is 11.5 Å². The van der Waals surface area contributed by atoms with Gasteiger partial charge in [0, 0.05) is 5.38 Å². The van der Waals surface area contributed by atoms with E-state index < -0.39 is 0 Å². The molecular weight excluding hydrogens is 350 g/mol. The van der Waals surface area contributed by atoms with Gasteiger partial charge in [0.25, 0.3) is 0 Å². The lowest BCUT2D eigenvalue weighted by molar-refractivity contribution is 0.0468. The van der Waals surface area contributed by atoms with Gasteiger partial charge in [-0.3, -0.25) is 0 Å². The number of aryl methyl sites for hydroxylation is 1. The molecule has 0 bridgehead atoms. The summed E-state index contributed by atoms with van der Waals surface area (Å²) in [6.07, 6.45) is 0. The Bertz CT molecular complexity index is 902. The Morgan fingerprint density at radius 2 is 1.85 bits per heavy atom. The van der Waals surface area contributed by atoms with Crippen LogP contribution in [-0.2, 0) is 11.3 Å². The number of para-hydroxylation sites is 1. The van der Waals surface area contributed by atoms with Gasteiger partial charge in [-0.1, -0.05) is 23.8 Å². The molecule has 0 unspecified atom stereocenters. The number of nitrogens with zero attached hydrogens (tertiary/aromatic N) is 1. The van der Waals surface area contributed by atoms with Crippen LogP contribution in [0.1, 0.15) is 21.6 Å². The Hall–Kier alpha value is -2.86. The Kier molecular flexibility index (Phi) is 5.53. The molecule has 0 N–H and O–H groups in total. The normalized spacial score (nSPS) is 10.4. The first-order valence-electron chi connectivity index (χ1n) is 8.02. The van der Waals surface area contributed by atoms with E-state index >= 15 is 0 Å². The minimum absolute atomic E-state index is 0.121. The van der Waals surface area contributed by atoms with Crippen LogP contribution < -0.4 is 9.47 Å². The SMILES string of the molecule is COc1cccc(-c2nc(COC(=O)c3ccc(C)cc3)cs2)c1OC. The first-order chi connectivity index (χ1) is 12.6. The minimum atomic E-state index is -0.362. The van der Waals surface area contributed by atoms with Crippen LogP contribution >= 0.6 is 11.3 Å². The second-order valence-electron chi connectivity index (χ2n) is 5.63. The summed E-state index contributed by atoms with van der Waals surface area (Å²) in [5.74, 6) is 0.915. The molecule has 1 heterocycles. The van der Waals surface area contributed by atoms with Gasteiger partial charge < -0.3 is 14.2 Å². The molecule has 0 amide bonds. The van der Waals surface area contributed by atoms with Crippen molar-refractivity contribution in [1.82, 2.24) is 4.98 Å². The highest BCUT2D eigenvalue weighted by Crippen LogP contribution is 2.39. The Morgan fingerprint density at radius 3 is 2.54 bits per heavy atom. The predicted octanol–water partition coefficient (Wildman–Crippen LogP) is 4.49. The Morgan fingerprint density at radius 1 is 1.08 bits per heavy atom. The number of thiazole rings is 1. The number of benzene rings is 2. The number of carbonyl (C=O) groups excluding carboxylic acids is 1. The van der Waals surface area contributed by atoms with Crippen molar-refractivity contribution in [3.8, 4) is 22.1 Å². The molecule has 0 spiro atoms. The van der Waals surface area contributed by atoms with Crippen LogP contribution in [-0.4, -0.2) is 25.2 Å². The van der Waals surface area contributed by atoms with Crippen LogP contribution in [0.15, 0.2) is 47.8 Å². The Labute approximate surface area is 156 Å². The molecule has 5 nitrogen and oxygen atoms in total. The topological polar surface area (TPSA) is 57.7 Å². The number of aromatic nitrogens is 1. The van der Waals surface area contributed by atoms with Gasteiger partial charge in [0.05, 0.1) is 31.0 Å². The summed E-state index contributed by atoms with van der Waals surface area (Å²) >= 11 is 1.46. The number of hydrogen-bond acceptors (Lipinski definition) is 6. The van der Waals surface area contributed by atoms with Crippen molar-refractivity contribution >= 4 is 17.3 Å². The number of methoxy groups -OCH3 is 2. The van der Waals surface area contributed by atoms with Crippen molar-refractivity contribution in [2.24, 2.45) is 0 Å². The molecule has 0 saturated carbocycles. The smallest absolute Gasteiger partial charge is 0.338 e. The van der Waals surface area contributed by atoms with E-state index in [0.717, 1.165) is 16.1 Å². The summed E-state index contributed by atoms with van der Waals surface area (Å²) < 4.78 is 16.1. The summed E-state index contributed by atoms with van der Waals surface area (Å²) in [7, 11) is 3.19. The predicted molar refractivity (Wildman–Crippen MR) is 101 cm³/mol. The van der Waals surface area contributed by atoms with Gasteiger partial charge in [0.1, 0.15) is 11.6 Å². The van der Waals surface area contributed by atoms with E-state index in [1.807, 2.05) is 42.6 Å². The maximum Gasteiger partial charge on any atom is 0.338 e. The van der Waals surface area contributed by atoms with Crippen LogP contribution in [0, 0.1) is 6.92 Å². The largest absolute Gasteiger partial charge is 0.493 e. The maximum absolute atomic E-state index is 12.1.